The Labute approximate surface area is 104 Å². The molecule has 0 unspecified atom stereocenters. The van der Waals surface area contributed by atoms with Gasteiger partial charge in [0.25, 0.3) is 0 Å². The summed E-state index contributed by atoms with van der Waals surface area (Å²) in [5.41, 5.74) is 0. The fraction of sp³-hybridized carbons (Fsp3) is 0. The predicted octanol–water partition coefficient (Wildman–Crippen LogP) is -4.58. The summed E-state index contributed by atoms with van der Waals surface area (Å²) >= 11 is 0.609. The second kappa shape index (κ2) is 23.6. The van der Waals surface area contributed by atoms with Crippen molar-refractivity contribution >= 4 is 87.0 Å². The third-order valence-corrected chi connectivity index (χ3v) is 0. The van der Waals surface area contributed by atoms with Gasteiger partial charge >= 0.3 is 87.0 Å². The van der Waals surface area contributed by atoms with E-state index in [1.54, 1.807) is 0 Å². The van der Waals surface area contributed by atoms with Crippen molar-refractivity contribution in [1.82, 2.24) is 0 Å². The molecule has 0 fully saturated rings. The molecule has 0 saturated carbocycles. The molecule has 0 rings (SSSR count). The van der Waals surface area contributed by atoms with E-state index in [0.717, 1.165) is 0 Å². The summed E-state index contributed by atoms with van der Waals surface area (Å²) in [7, 11) is 1.50. The van der Waals surface area contributed by atoms with Gasteiger partial charge in [-0.05, 0) is 0 Å². The van der Waals surface area contributed by atoms with Crippen LogP contribution in [-0.4, -0.2) is 87.0 Å². The van der Waals surface area contributed by atoms with Gasteiger partial charge in [-0.3, -0.25) is 0 Å². The molecule has 0 amide bonds. The van der Waals surface area contributed by atoms with Crippen molar-refractivity contribution < 1.29 is 19.5 Å². The molecule has 6 heteroatoms. The van der Waals surface area contributed by atoms with E-state index in [1.165, 1.54) is 7.79 Å². The Hall–Kier alpha value is 3.50. The zero-order chi connectivity index (χ0) is 2.71. The van der Waals surface area contributed by atoms with Crippen LogP contribution < -0.4 is 0 Å². The summed E-state index contributed by atoms with van der Waals surface area (Å²) in [6, 6.07) is 0. The Morgan fingerprint density at radius 2 is 1.50 bits per heavy atom. The fourth-order valence-corrected chi connectivity index (χ4v) is 0. The van der Waals surface area contributed by atoms with Crippen molar-refractivity contribution in [2.75, 3.05) is 0 Å². The zero-order valence-electron chi connectivity index (χ0n) is 4.53. The molecule has 34 valence electrons. The summed E-state index contributed by atoms with van der Waals surface area (Å²) in [5, 5.41) is 0. The maximum Gasteiger partial charge on any atom is 0 e. The minimum atomic E-state index is 0. The number of hydrogen-bond donors (Lipinski definition) is 0. The topological polar surface area (TPSA) is 0 Å². The van der Waals surface area contributed by atoms with Crippen LogP contribution in [0.1, 0.15) is 0 Å². The molecule has 0 heterocycles. The maximum absolute atomic E-state index is 2.32. The Bertz CT molecular complexity index is 15.5. The van der Waals surface area contributed by atoms with Crippen LogP contribution in [0.3, 0.4) is 0 Å². The quantitative estimate of drug-likeness (QED) is 0.231. The molecule has 0 aromatic rings. The molecule has 0 aliphatic rings. The monoisotopic (exact) mass is 660 g/mol. The average molecular weight is 658 g/mol. The summed E-state index contributed by atoms with van der Waals surface area (Å²) < 4.78 is 0. The molecule has 0 spiro atoms. The van der Waals surface area contributed by atoms with Gasteiger partial charge in [0.15, 0.2) is 0 Å². The first-order chi connectivity index (χ1) is 1.41. The van der Waals surface area contributed by atoms with Crippen LogP contribution in [0.15, 0.2) is 0 Å². The normalized spacial score (nSPS) is 3.33. The zero-order valence-corrected chi connectivity index (χ0v) is 22.8. The summed E-state index contributed by atoms with van der Waals surface area (Å²) in [4.78, 5) is 0. The van der Waals surface area contributed by atoms with Crippen LogP contribution in [0, 0.1) is 0 Å². The molecule has 0 aliphatic carbocycles. The van der Waals surface area contributed by atoms with Gasteiger partial charge in [-0.25, -0.2) is 0 Å². The van der Waals surface area contributed by atoms with Gasteiger partial charge in [0.1, 0.15) is 0 Å². The second-order valence-electron chi connectivity index (χ2n) is 0.408. The van der Waals surface area contributed by atoms with Crippen molar-refractivity contribution in [3.63, 3.8) is 0 Å². The van der Waals surface area contributed by atoms with Crippen LogP contribution in [0.5, 0.6) is 0 Å². The number of rotatable bonds is 0. The van der Waals surface area contributed by atoms with Crippen molar-refractivity contribution in [3.05, 3.63) is 0 Å². The van der Waals surface area contributed by atoms with Crippen LogP contribution in [-0.2, 0) is 19.5 Å². The molecule has 2 radical (unpaired) electrons. The average Bonchev–Trinajstić information content (AvgIpc) is 0.918. The van der Waals surface area contributed by atoms with Gasteiger partial charge in [-0.2, -0.15) is 0 Å². The summed E-state index contributed by atoms with van der Waals surface area (Å²) in [6.07, 6.45) is 0. The van der Waals surface area contributed by atoms with E-state index in [9.17, 15) is 0 Å². The largest absolute Gasteiger partial charge is 0 e. The van der Waals surface area contributed by atoms with E-state index in [4.69, 9.17) is 0 Å². The third kappa shape index (κ3) is 25.9. The minimum absolute atomic E-state index is 0. The minimum Gasteiger partial charge on any atom is 0 e. The van der Waals surface area contributed by atoms with Gasteiger partial charge in [-0.15, -0.1) is 0 Å². The van der Waals surface area contributed by atoms with E-state index in [2.05, 4.69) is 5.75 Å². The van der Waals surface area contributed by atoms with E-state index >= 15 is 0 Å². The second-order valence-corrected chi connectivity index (χ2v) is 8.22. The first-order valence-electron chi connectivity index (χ1n) is 0.816. The molecule has 0 aliphatic heterocycles. The van der Waals surface area contributed by atoms with Gasteiger partial charge in [0, 0.05) is 19.5 Å². The SMILES string of the molecule is B[Te][SiH3].[BiH3].[PbH2].[Zn]. The van der Waals surface area contributed by atoms with Gasteiger partial charge in [0.05, 0.1) is 0 Å². The van der Waals surface area contributed by atoms with Crippen LogP contribution in [0.4, 0.5) is 0 Å². The molecule has 0 atom stereocenters. The smallest absolute Gasteiger partial charge is 0 e. The van der Waals surface area contributed by atoms with Crippen molar-refractivity contribution in [2.24, 2.45) is 0 Å². The molecular formula is H10BBiPbSiTeZn. The Morgan fingerprint density at radius 3 is 1.50 bits per heavy atom. The molecule has 0 N–H and O–H groups in total. The van der Waals surface area contributed by atoms with Gasteiger partial charge in [0.2, 0.25) is 0 Å². The molecule has 0 nitrogen and oxygen atoms in total. The Balaban J connectivity index is -0.00000000667. The fourth-order valence-electron chi connectivity index (χ4n) is 0. The Morgan fingerprint density at radius 1 is 1.50 bits per heavy atom. The summed E-state index contributed by atoms with van der Waals surface area (Å²) in [5.74, 6) is 2.32. The van der Waals surface area contributed by atoms with Gasteiger partial charge in [-0.1, -0.05) is 0 Å². The molecule has 0 aromatic carbocycles. The third-order valence-electron chi connectivity index (χ3n) is 0. The first kappa shape index (κ1) is 22.7. The van der Waals surface area contributed by atoms with Crippen molar-refractivity contribution in [3.8, 4) is 0 Å². The molecule has 6 heavy (non-hydrogen) atoms. The predicted molar refractivity (Wildman–Crippen MR) is 42.7 cm³/mol. The molecular weight excluding hydrogens is 648 g/mol. The van der Waals surface area contributed by atoms with Crippen LogP contribution in [0.25, 0.3) is 0 Å². The maximum atomic E-state index is 2.32. The van der Waals surface area contributed by atoms with E-state index in [0.29, 0.717) is 19.9 Å². The van der Waals surface area contributed by atoms with E-state index in [1.807, 2.05) is 0 Å². The Kier molecular flexibility index (Phi) is 89.3. The molecule has 0 aromatic heterocycles. The summed E-state index contributed by atoms with van der Waals surface area (Å²) in [6.45, 7) is 0. The van der Waals surface area contributed by atoms with Gasteiger partial charge < -0.3 is 0 Å². The van der Waals surface area contributed by atoms with Crippen molar-refractivity contribution in [1.29, 1.82) is 0 Å². The number of hydrogen-bond acceptors (Lipinski definition) is 0. The van der Waals surface area contributed by atoms with E-state index in [-0.39, 0.29) is 73.0 Å². The van der Waals surface area contributed by atoms with E-state index < -0.39 is 0 Å². The van der Waals surface area contributed by atoms with Crippen LogP contribution in [0.2, 0.25) is 0 Å². The molecule has 0 saturated heterocycles. The first-order valence-corrected chi connectivity index (χ1v) is 11.0. The van der Waals surface area contributed by atoms with Crippen molar-refractivity contribution in [2.45, 2.75) is 0 Å². The standard InChI is InChI=1S/BH5SiTe.Bi.Pb.Zn.5H/c1-3-2;;;;;;;;/h1H2,2H3;;;;;;;;. The van der Waals surface area contributed by atoms with Crippen LogP contribution >= 0.6 is 0 Å². The molecule has 0 bridgehead atoms.